The van der Waals surface area contributed by atoms with E-state index in [1.165, 1.54) is 29.8 Å². The third kappa shape index (κ3) is 5.64. The summed E-state index contributed by atoms with van der Waals surface area (Å²) in [6.07, 6.45) is 0. The Balaban J connectivity index is 1.57. The van der Waals surface area contributed by atoms with Crippen LogP contribution in [0.2, 0.25) is 0 Å². The molecule has 164 valence electrons. The first kappa shape index (κ1) is 22.4. The van der Waals surface area contributed by atoms with E-state index in [-0.39, 0.29) is 23.3 Å². The van der Waals surface area contributed by atoms with E-state index in [2.05, 4.69) is 29.0 Å². The molecule has 0 unspecified atom stereocenters. The molecule has 0 aliphatic rings. The Bertz CT molecular complexity index is 1150. The topological polar surface area (TPSA) is 111 Å². The number of carbonyl (C=O) groups excluding carboxylic acids is 1. The molecule has 9 heteroatoms. The summed E-state index contributed by atoms with van der Waals surface area (Å²) in [4.78, 5) is 12.2. The molecule has 1 amide bonds. The van der Waals surface area contributed by atoms with Crippen LogP contribution in [0, 0.1) is 13.8 Å². The summed E-state index contributed by atoms with van der Waals surface area (Å²) >= 11 is 0. The lowest BCUT2D eigenvalue weighted by atomic mass is 10.0. The largest absolute Gasteiger partial charge is 0.484 e. The van der Waals surface area contributed by atoms with Crippen LogP contribution < -0.4 is 14.8 Å². The lowest BCUT2D eigenvalue weighted by Crippen LogP contribution is -2.20. The third-order valence-corrected chi connectivity index (χ3v) is 6.10. The third-order valence-electron chi connectivity index (χ3n) is 4.75. The van der Waals surface area contributed by atoms with Gasteiger partial charge < -0.3 is 14.6 Å². The van der Waals surface area contributed by atoms with E-state index in [0.717, 1.165) is 0 Å². The van der Waals surface area contributed by atoms with Gasteiger partial charge in [-0.2, -0.15) is 0 Å². The highest BCUT2D eigenvalue weighted by molar-refractivity contribution is 7.92. The van der Waals surface area contributed by atoms with Crippen LogP contribution in [0.5, 0.6) is 5.75 Å². The van der Waals surface area contributed by atoms with Gasteiger partial charge in [-0.1, -0.05) is 31.1 Å². The quantitative estimate of drug-likeness (QED) is 0.539. The molecule has 2 aromatic carbocycles. The van der Waals surface area contributed by atoms with Crippen LogP contribution in [-0.4, -0.2) is 26.1 Å². The van der Waals surface area contributed by atoms with Crippen LogP contribution >= 0.6 is 0 Å². The van der Waals surface area contributed by atoms with E-state index < -0.39 is 10.0 Å². The molecule has 0 saturated heterocycles. The number of hydrogen-bond acceptors (Lipinski definition) is 6. The second-order valence-electron chi connectivity index (χ2n) is 7.41. The normalized spacial score (nSPS) is 11.4. The lowest BCUT2D eigenvalue weighted by molar-refractivity contribution is -0.118. The van der Waals surface area contributed by atoms with Crippen LogP contribution in [0.15, 0.2) is 57.9 Å². The summed E-state index contributed by atoms with van der Waals surface area (Å²) < 4.78 is 37.9. The molecule has 3 aromatic rings. The van der Waals surface area contributed by atoms with Crippen molar-refractivity contribution in [3.05, 3.63) is 65.4 Å². The number of sulfonamides is 1. The Kier molecular flexibility index (Phi) is 6.65. The molecular weight excluding hydrogens is 418 g/mol. The standard InChI is InChI=1S/C22H25N3O5S/c1-14(2)17-5-9-19(10-6-17)29-13-21(26)23-18-7-11-20(12-8-18)31(27,28)25-22-15(3)16(4)24-30-22/h5-12,14,25H,13H2,1-4H3,(H,23,26). The average Bonchev–Trinajstić information content (AvgIpc) is 3.04. The van der Waals surface area contributed by atoms with Crippen LogP contribution in [0.3, 0.4) is 0 Å². The zero-order chi connectivity index (χ0) is 22.6. The molecule has 0 saturated carbocycles. The number of nitrogens with one attached hydrogen (secondary N) is 2. The van der Waals surface area contributed by atoms with Gasteiger partial charge in [0.25, 0.3) is 15.9 Å². The van der Waals surface area contributed by atoms with Gasteiger partial charge in [0.1, 0.15) is 5.75 Å². The van der Waals surface area contributed by atoms with Crippen molar-refractivity contribution in [2.45, 2.75) is 38.5 Å². The van der Waals surface area contributed by atoms with E-state index in [1.807, 2.05) is 24.3 Å². The first-order valence-electron chi connectivity index (χ1n) is 9.74. The van der Waals surface area contributed by atoms with Crippen LogP contribution in [0.1, 0.15) is 36.6 Å². The van der Waals surface area contributed by atoms with E-state index in [9.17, 15) is 13.2 Å². The van der Waals surface area contributed by atoms with Gasteiger partial charge in [0, 0.05) is 11.3 Å². The lowest BCUT2D eigenvalue weighted by Gasteiger charge is -2.10. The van der Waals surface area contributed by atoms with Crippen LogP contribution in [0.25, 0.3) is 0 Å². The molecule has 3 rings (SSSR count). The second kappa shape index (κ2) is 9.22. The van der Waals surface area contributed by atoms with Crippen LogP contribution in [0.4, 0.5) is 11.6 Å². The highest BCUT2D eigenvalue weighted by Gasteiger charge is 2.19. The number of hydrogen-bond donors (Lipinski definition) is 2. The molecule has 2 N–H and O–H groups in total. The molecule has 1 aromatic heterocycles. The van der Waals surface area contributed by atoms with E-state index in [4.69, 9.17) is 9.26 Å². The molecule has 0 bridgehead atoms. The minimum absolute atomic E-state index is 0.0282. The predicted molar refractivity (Wildman–Crippen MR) is 118 cm³/mol. The molecule has 1 heterocycles. The summed E-state index contributed by atoms with van der Waals surface area (Å²) in [6.45, 7) is 7.48. The minimum Gasteiger partial charge on any atom is -0.484 e. The zero-order valence-corrected chi connectivity index (χ0v) is 18.6. The fraction of sp³-hybridized carbons (Fsp3) is 0.273. The van der Waals surface area contributed by atoms with Crippen molar-refractivity contribution >= 4 is 27.5 Å². The number of carbonyl (C=O) groups is 1. The van der Waals surface area contributed by atoms with Gasteiger partial charge in [0.15, 0.2) is 6.61 Å². The summed E-state index contributed by atoms with van der Waals surface area (Å²) in [5.41, 5.74) is 2.87. The first-order chi connectivity index (χ1) is 14.7. The second-order valence-corrected chi connectivity index (χ2v) is 9.09. The molecule has 0 aliphatic carbocycles. The van der Waals surface area contributed by atoms with Gasteiger partial charge in [-0.3, -0.25) is 4.79 Å². The molecule has 0 atom stereocenters. The maximum Gasteiger partial charge on any atom is 0.264 e. The smallest absolute Gasteiger partial charge is 0.264 e. The first-order valence-corrected chi connectivity index (χ1v) is 11.2. The zero-order valence-electron chi connectivity index (χ0n) is 17.8. The average molecular weight is 444 g/mol. The molecule has 0 aliphatic heterocycles. The number of nitrogens with zero attached hydrogens (tertiary/aromatic N) is 1. The SMILES string of the molecule is Cc1noc(NS(=O)(=O)c2ccc(NC(=O)COc3ccc(C(C)C)cc3)cc2)c1C. The maximum absolute atomic E-state index is 12.5. The fourth-order valence-corrected chi connectivity index (χ4v) is 3.75. The van der Waals surface area contributed by atoms with Gasteiger partial charge in [0.05, 0.1) is 10.6 Å². The Hall–Kier alpha value is -3.33. The predicted octanol–water partition coefficient (Wildman–Crippen LogP) is 4.23. The summed E-state index contributed by atoms with van der Waals surface area (Å²) in [6, 6.07) is 13.4. The van der Waals surface area contributed by atoms with Crippen LogP contribution in [-0.2, 0) is 14.8 Å². The van der Waals surface area contributed by atoms with Gasteiger partial charge in [-0.25, -0.2) is 13.1 Å². The van der Waals surface area contributed by atoms with E-state index in [0.29, 0.717) is 28.6 Å². The molecule has 0 spiro atoms. The van der Waals surface area contributed by atoms with E-state index >= 15 is 0 Å². The minimum atomic E-state index is -3.84. The van der Waals surface area contributed by atoms with Crippen molar-refractivity contribution in [3.63, 3.8) is 0 Å². The molecule has 0 radical (unpaired) electrons. The van der Waals surface area contributed by atoms with Gasteiger partial charge in [-0.05, 0) is 61.7 Å². The number of aromatic nitrogens is 1. The Morgan fingerprint density at radius 1 is 1.06 bits per heavy atom. The van der Waals surface area contributed by atoms with Gasteiger partial charge >= 0.3 is 0 Å². The van der Waals surface area contributed by atoms with E-state index in [1.54, 1.807) is 13.8 Å². The van der Waals surface area contributed by atoms with Crippen molar-refractivity contribution in [3.8, 4) is 5.75 Å². The Morgan fingerprint density at radius 2 is 1.71 bits per heavy atom. The monoisotopic (exact) mass is 443 g/mol. The van der Waals surface area contributed by atoms with Gasteiger partial charge in [0.2, 0.25) is 5.88 Å². The highest BCUT2D eigenvalue weighted by Crippen LogP contribution is 2.23. The fourth-order valence-electron chi connectivity index (χ4n) is 2.70. The van der Waals surface area contributed by atoms with Gasteiger partial charge in [-0.15, -0.1) is 0 Å². The number of anilines is 2. The summed E-state index contributed by atoms with van der Waals surface area (Å²) in [5, 5.41) is 6.41. The molecule has 8 nitrogen and oxygen atoms in total. The van der Waals surface area contributed by atoms with Crippen molar-refractivity contribution < 1.29 is 22.5 Å². The molecule has 31 heavy (non-hydrogen) atoms. The highest BCUT2D eigenvalue weighted by atomic mass is 32.2. The Labute approximate surface area is 181 Å². The summed E-state index contributed by atoms with van der Waals surface area (Å²) in [7, 11) is -3.84. The van der Waals surface area contributed by atoms with Crippen molar-refractivity contribution in [2.75, 3.05) is 16.6 Å². The molecule has 0 fully saturated rings. The Morgan fingerprint density at radius 3 is 2.26 bits per heavy atom. The van der Waals surface area contributed by atoms with Crippen molar-refractivity contribution in [2.24, 2.45) is 0 Å². The van der Waals surface area contributed by atoms with Crippen molar-refractivity contribution in [1.29, 1.82) is 0 Å². The number of benzene rings is 2. The number of aryl methyl sites for hydroxylation is 1. The maximum atomic E-state index is 12.5. The number of rotatable bonds is 8. The summed E-state index contributed by atoms with van der Waals surface area (Å²) in [5.74, 6) is 0.746. The molecular formula is C22H25N3O5S. The van der Waals surface area contributed by atoms with Crippen molar-refractivity contribution in [1.82, 2.24) is 5.16 Å². The number of ether oxygens (including phenoxy) is 1. The number of amides is 1.